The van der Waals surface area contributed by atoms with Gasteiger partial charge in [0.1, 0.15) is 11.9 Å². The summed E-state index contributed by atoms with van der Waals surface area (Å²) >= 11 is -1.82. The standard InChI is InChI=1S/C38H45N7O4.C3H8O2S/c1-25(2)34(43-38(48)49-3)37(47)45-20-4-5-33(45)35-40-23-32(42-35)29-12-10-27(11-13-29)28-14-16-31(17-15-28)41-36(46)30-8-6-26(7-9-30)24-44-21-18-39-19-22-44;1-2-3-6(4)5/h6-17,23,25,33-34,39H,4-5,18-22,24H2,1-3H3,(H,40,42)(H,41,46)(H,43,48);2-3H2,1H3,(H,4,5)/p-1/t33-,34-;/m0./s1. The van der Waals surface area contributed by atoms with Gasteiger partial charge in [0.2, 0.25) is 5.91 Å². The molecule has 0 saturated carbocycles. The topological polar surface area (TPSA) is 172 Å². The predicted molar refractivity (Wildman–Crippen MR) is 214 cm³/mol. The van der Waals surface area contributed by atoms with Gasteiger partial charge in [-0.15, -0.1) is 0 Å². The number of alkyl carbamates (subject to hydrolysis) is 1. The first-order valence-electron chi connectivity index (χ1n) is 18.9. The second kappa shape index (κ2) is 20.1. The zero-order valence-corrected chi connectivity index (χ0v) is 32.8. The van der Waals surface area contributed by atoms with Crippen LogP contribution in [0.15, 0.2) is 79.0 Å². The number of ether oxygens (including phenoxy) is 1. The first-order valence-corrected chi connectivity index (χ1v) is 20.1. The molecule has 1 aromatic heterocycles. The molecule has 0 spiro atoms. The van der Waals surface area contributed by atoms with E-state index in [4.69, 9.17) is 4.74 Å². The predicted octanol–water partition coefficient (Wildman–Crippen LogP) is 5.72. The number of hydrogen-bond acceptors (Lipinski definition) is 9. The lowest BCUT2D eigenvalue weighted by atomic mass is 10.0. The summed E-state index contributed by atoms with van der Waals surface area (Å²) in [4.78, 5) is 50.6. The van der Waals surface area contributed by atoms with Crippen LogP contribution in [0.2, 0.25) is 0 Å². The molecule has 3 atom stereocenters. The van der Waals surface area contributed by atoms with Crippen molar-refractivity contribution in [2.24, 2.45) is 5.92 Å². The van der Waals surface area contributed by atoms with E-state index in [1.807, 2.05) is 86.3 Å². The van der Waals surface area contributed by atoms with Crippen LogP contribution < -0.4 is 16.0 Å². The minimum absolute atomic E-state index is 0.0934. The number of carbonyl (C=O) groups is 3. The molecule has 3 aromatic carbocycles. The summed E-state index contributed by atoms with van der Waals surface area (Å²) in [5.41, 5.74) is 6.51. The van der Waals surface area contributed by atoms with E-state index in [1.54, 1.807) is 6.20 Å². The molecule has 1 unspecified atom stereocenters. The molecular formula is C41H52N7O6S-. The van der Waals surface area contributed by atoms with Crippen molar-refractivity contribution in [3.8, 4) is 22.4 Å². The summed E-state index contributed by atoms with van der Waals surface area (Å²) in [5, 5.41) is 9.07. The van der Waals surface area contributed by atoms with E-state index >= 15 is 0 Å². The Hall–Kier alpha value is -4.89. The third-order valence-corrected chi connectivity index (χ3v) is 10.5. The van der Waals surface area contributed by atoms with Gasteiger partial charge in [-0.05, 0) is 71.7 Å². The minimum atomic E-state index is -1.82. The molecule has 0 bridgehead atoms. The number of hydrogen-bond donors (Lipinski definition) is 4. The Kier molecular flexibility index (Phi) is 15.1. The minimum Gasteiger partial charge on any atom is -0.772 e. The number of imidazole rings is 1. The molecule has 2 fully saturated rings. The number of carbonyl (C=O) groups excluding carboxylic acids is 3. The number of H-pyrrole nitrogens is 1. The number of amides is 3. The number of anilines is 1. The second-order valence-corrected chi connectivity index (χ2v) is 15.1. The average Bonchev–Trinajstić information content (AvgIpc) is 3.89. The summed E-state index contributed by atoms with van der Waals surface area (Å²) in [6, 6.07) is 23.0. The van der Waals surface area contributed by atoms with Gasteiger partial charge in [-0.25, -0.2) is 9.78 Å². The monoisotopic (exact) mass is 770 g/mol. The summed E-state index contributed by atoms with van der Waals surface area (Å²) in [6.45, 7) is 11.2. The molecule has 4 aromatic rings. The number of piperazine rings is 1. The van der Waals surface area contributed by atoms with Crippen molar-refractivity contribution >= 4 is 34.7 Å². The van der Waals surface area contributed by atoms with Gasteiger partial charge in [0.05, 0.1) is 25.0 Å². The van der Waals surface area contributed by atoms with Gasteiger partial charge in [0, 0.05) is 56.3 Å². The van der Waals surface area contributed by atoms with Gasteiger partial charge in [-0.1, -0.05) is 80.4 Å². The van der Waals surface area contributed by atoms with Crippen molar-refractivity contribution < 1.29 is 27.9 Å². The van der Waals surface area contributed by atoms with E-state index in [2.05, 4.69) is 43.0 Å². The maximum absolute atomic E-state index is 13.5. The smallest absolute Gasteiger partial charge is 0.407 e. The largest absolute Gasteiger partial charge is 0.772 e. The first-order chi connectivity index (χ1) is 26.6. The summed E-state index contributed by atoms with van der Waals surface area (Å²) in [7, 11) is 1.29. The Morgan fingerprint density at radius 2 is 1.58 bits per heavy atom. The van der Waals surface area contributed by atoms with E-state index in [-0.39, 0.29) is 23.8 Å². The van der Waals surface area contributed by atoms with Gasteiger partial charge in [0.25, 0.3) is 5.91 Å². The third kappa shape index (κ3) is 11.6. The fraction of sp³-hybridized carbons (Fsp3) is 0.415. The van der Waals surface area contributed by atoms with Crippen molar-refractivity contribution in [1.82, 2.24) is 30.4 Å². The van der Waals surface area contributed by atoms with E-state index in [0.717, 1.165) is 85.9 Å². The molecule has 6 rings (SSSR count). The highest BCUT2D eigenvalue weighted by molar-refractivity contribution is 7.79. The lowest BCUT2D eigenvalue weighted by molar-refractivity contribution is -0.135. The number of rotatable bonds is 12. The van der Waals surface area contributed by atoms with Crippen LogP contribution in [0.4, 0.5) is 10.5 Å². The number of aromatic amines is 1. The molecule has 294 valence electrons. The van der Waals surface area contributed by atoms with Crippen molar-refractivity contribution in [3.05, 3.63) is 95.9 Å². The molecule has 3 amide bonds. The quantitative estimate of drug-likeness (QED) is 0.132. The zero-order chi connectivity index (χ0) is 39.3. The number of nitrogens with zero attached hydrogens (tertiary/aromatic N) is 3. The van der Waals surface area contributed by atoms with Crippen LogP contribution in [0.5, 0.6) is 0 Å². The molecule has 2 saturated heterocycles. The van der Waals surface area contributed by atoms with Gasteiger partial charge in [-0.2, -0.15) is 0 Å². The van der Waals surface area contributed by atoms with Crippen molar-refractivity contribution in [2.75, 3.05) is 50.9 Å². The fourth-order valence-corrected chi connectivity index (χ4v) is 7.03. The maximum Gasteiger partial charge on any atom is 0.407 e. The van der Waals surface area contributed by atoms with Crippen molar-refractivity contribution in [3.63, 3.8) is 0 Å². The molecule has 55 heavy (non-hydrogen) atoms. The maximum atomic E-state index is 13.5. The van der Waals surface area contributed by atoms with Crippen molar-refractivity contribution in [1.29, 1.82) is 0 Å². The van der Waals surface area contributed by atoms with Crippen LogP contribution in [0.3, 0.4) is 0 Å². The summed E-state index contributed by atoms with van der Waals surface area (Å²) in [5.74, 6) is 0.664. The average molecular weight is 771 g/mol. The number of methoxy groups -OCH3 is 1. The second-order valence-electron chi connectivity index (χ2n) is 14.1. The van der Waals surface area contributed by atoms with E-state index < -0.39 is 23.2 Å². The molecular weight excluding hydrogens is 719 g/mol. The Morgan fingerprint density at radius 3 is 2.16 bits per heavy atom. The van der Waals surface area contributed by atoms with Gasteiger partial charge >= 0.3 is 6.09 Å². The number of likely N-dealkylation sites (tertiary alicyclic amines) is 1. The Bertz CT molecular complexity index is 1880. The molecule has 0 aliphatic carbocycles. The molecule has 13 nitrogen and oxygen atoms in total. The SMILES string of the molecule is CCCS(=O)[O-].COC(=O)N[C@H](C(=O)N1CCC[C@H]1c1ncc(-c2ccc(-c3ccc(NC(=O)c4ccc(CN5CCNCC5)cc4)cc3)cc2)[nH]1)C(C)C. The van der Waals surface area contributed by atoms with Gasteiger partial charge < -0.3 is 35.1 Å². The van der Waals surface area contributed by atoms with Crippen LogP contribution in [0, 0.1) is 5.92 Å². The Balaban J connectivity index is 0.000000895. The lowest BCUT2D eigenvalue weighted by Crippen LogP contribution is -2.51. The number of benzene rings is 3. The van der Waals surface area contributed by atoms with E-state index in [9.17, 15) is 23.1 Å². The normalized spacial score (nSPS) is 16.8. The summed E-state index contributed by atoms with van der Waals surface area (Å²) < 4.78 is 23.9. The molecule has 4 N–H and O–H groups in total. The summed E-state index contributed by atoms with van der Waals surface area (Å²) in [6.07, 6.45) is 3.55. The molecule has 14 heteroatoms. The Morgan fingerprint density at radius 1 is 0.945 bits per heavy atom. The van der Waals surface area contributed by atoms with Gasteiger partial charge in [-0.3, -0.25) is 18.7 Å². The number of aromatic nitrogens is 2. The highest BCUT2D eigenvalue weighted by atomic mass is 32.2. The zero-order valence-electron chi connectivity index (χ0n) is 32.0. The highest BCUT2D eigenvalue weighted by Crippen LogP contribution is 2.33. The van der Waals surface area contributed by atoms with Crippen LogP contribution in [-0.2, 0) is 27.2 Å². The lowest BCUT2D eigenvalue weighted by Gasteiger charge is -2.30. The van der Waals surface area contributed by atoms with E-state index in [1.165, 1.54) is 12.7 Å². The van der Waals surface area contributed by atoms with Crippen LogP contribution in [0.25, 0.3) is 22.4 Å². The van der Waals surface area contributed by atoms with Crippen LogP contribution >= 0.6 is 0 Å². The van der Waals surface area contributed by atoms with E-state index in [0.29, 0.717) is 17.9 Å². The van der Waals surface area contributed by atoms with Crippen molar-refractivity contribution in [2.45, 2.75) is 58.7 Å². The van der Waals surface area contributed by atoms with Crippen LogP contribution in [-0.4, -0.2) is 98.1 Å². The highest BCUT2D eigenvalue weighted by Gasteiger charge is 2.37. The van der Waals surface area contributed by atoms with Gasteiger partial charge in [0.15, 0.2) is 0 Å². The Labute approximate surface area is 325 Å². The molecule has 0 radical (unpaired) electrons. The first kappa shape index (κ1) is 41.3. The fourth-order valence-electron chi connectivity index (χ4n) is 6.69. The molecule has 3 heterocycles. The van der Waals surface area contributed by atoms with Crippen LogP contribution in [0.1, 0.15) is 67.8 Å². The molecule has 2 aliphatic rings. The molecule has 2 aliphatic heterocycles. The number of nitrogens with one attached hydrogen (secondary N) is 4. The third-order valence-electron chi connectivity index (χ3n) is 9.71.